The first kappa shape index (κ1) is 14.2. The van der Waals surface area contributed by atoms with Crippen LogP contribution in [0.5, 0.6) is 0 Å². The van der Waals surface area contributed by atoms with Crippen molar-refractivity contribution in [1.82, 2.24) is 14.5 Å². The Morgan fingerprint density at radius 3 is 3.24 bits per heavy atom. The number of ether oxygens (including phenoxy) is 1. The van der Waals surface area contributed by atoms with E-state index in [4.69, 9.17) is 4.74 Å². The molecule has 21 heavy (non-hydrogen) atoms. The molecule has 0 saturated carbocycles. The normalized spacial score (nSPS) is 19.1. The molecule has 1 fully saturated rings. The first-order valence-corrected chi connectivity index (χ1v) is 7.84. The fourth-order valence-electron chi connectivity index (χ4n) is 2.51. The van der Waals surface area contributed by atoms with E-state index >= 15 is 0 Å². The van der Waals surface area contributed by atoms with Crippen LogP contribution in [-0.4, -0.2) is 46.2 Å². The second-order valence-electron chi connectivity index (χ2n) is 5.14. The summed E-state index contributed by atoms with van der Waals surface area (Å²) in [6.07, 6.45) is 1.83. The van der Waals surface area contributed by atoms with Crippen LogP contribution in [0.25, 0.3) is 10.2 Å². The van der Waals surface area contributed by atoms with Gasteiger partial charge in [0.05, 0.1) is 31.0 Å². The van der Waals surface area contributed by atoms with Gasteiger partial charge in [0, 0.05) is 19.5 Å². The van der Waals surface area contributed by atoms with E-state index in [1.54, 1.807) is 6.07 Å². The summed E-state index contributed by atoms with van der Waals surface area (Å²) >= 11 is 1.44. The quantitative estimate of drug-likeness (QED) is 0.851. The Kier molecular flexibility index (Phi) is 4.03. The second-order valence-corrected chi connectivity index (χ2v) is 6.04. The van der Waals surface area contributed by atoms with Crippen LogP contribution in [0.1, 0.15) is 13.3 Å². The van der Waals surface area contributed by atoms with E-state index in [2.05, 4.69) is 4.98 Å². The van der Waals surface area contributed by atoms with E-state index < -0.39 is 0 Å². The first-order chi connectivity index (χ1) is 10.2. The summed E-state index contributed by atoms with van der Waals surface area (Å²) in [7, 11) is 0. The van der Waals surface area contributed by atoms with Crippen LogP contribution in [0.4, 0.5) is 0 Å². The Morgan fingerprint density at radius 1 is 1.57 bits per heavy atom. The zero-order chi connectivity index (χ0) is 14.8. The van der Waals surface area contributed by atoms with E-state index in [-0.39, 0.29) is 17.5 Å². The molecule has 1 aliphatic rings. The molecule has 0 aliphatic carbocycles. The Hall–Kier alpha value is -1.73. The first-order valence-electron chi connectivity index (χ1n) is 6.96. The topological polar surface area (TPSA) is 64.4 Å². The fourth-order valence-corrected chi connectivity index (χ4v) is 3.23. The number of morpholine rings is 1. The van der Waals surface area contributed by atoms with Gasteiger partial charge in [-0.15, -0.1) is 11.3 Å². The average molecular weight is 307 g/mol. The molecular weight excluding hydrogens is 290 g/mol. The van der Waals surface area contributed by atoms with Gasteiger partial charge in [-0.25, -0.2) is 4.98 Å². The number of amides is 1. The van der Waals surface area contributed by atoms with Crippen molar-refractivity contribution in [2.75, 3.05) is 19.8 Å². The van der Waals surface area contributed by atoms with Crippen molar-refractivity contribution in [3.05, 3.63) is 28.1 Å². The summed E-state index contributed by atoms with van der Waals surface area (Å²) < 4.78 is 6.84. The molecule has 0 bridgehead atoms. The molecule has 7 heteroatoms. The molecule has 2 aromatic rings. The minimum absolute atomic E-state index is 0.0584. The Morgan fingerprint density at radius 2 is 2.43 bits per heavy atom. The minimum atomic E-state index is -0.0796. The van der Waals surface area contributed by atoms with E-state index in [1.807, 2.05) is 17.2 Å². The summed E-state index contributed by atoms with van der Waals surface area (Å²) in [5, 5.41) is 2.47. The number of hydrogen-bond donors (Lipinski definition) is 0. The maximum Gasteiger partial charge on any atom is 0.262 e. The highest BCUT2D eigenvalue weighted by molar-refractivity contribution is 7.16. The molecule has 3 rings (SSSR count). The lowest BCUT2D eigenvalue weighted by Gasteiger charge is -2.33. The number of fused-ring (bicyclic) bond motifs is 1. The van der Waals surface area contributed by atoms with Gasteiger partial charge in [0.15, 0.2) is 0 Å². The van der Waals surface area contributed by atoms with Crippen LogP contribution in [0, 0.1) is 0 Å². The number of carbonyl (C=O) groups excluding carboxylic acids is 1. The zero-order valence-electron chi connectivity index (χ0n) is 11.8. The van der Waals surface area contributed by atoms with Crippen molar-refractivity contribution in [3.8, 4) is 0 Å². The molecule has 1 saturated heterocycles. The minimum Gasteiger partial charge on any atom is -0.377 e. The molecule has 1 aliphatic heterocycles. The molecule has 3 heterocycles. The van der Waals surface area contributed by atoms with E-state index in [0.29, 0.717) is 38.1 Å². The van der Waals surface area contributed by atoms with Crippen molar-refractivity contribution >= 4 is 27.5 Å². The highest BCUT2D eigenvalue weighted by Crippen LogP contribution is 2.13. The number of carbonyl (C=O) groups is 1. The largest absolute Gasteiger partial charge is 0.377 e. The number of hydrogen-bond acceptors (Lipinski definition) is 5. The Balaban J connectivity index is 1.70. The molecule has 0 unspecified atom stereocenters. The summed E-state index contributed by atoms with van der Waals surface area (Å²) in [5.74, 6) is 0.0584. The van der Waals surface area contributed by atoms with Crippen LogP contribution in [-0.2, 0) is 16.1 Å². The second kappa shape index (κ2) is 5.95. The molecule has 0 radical (unpaired) electrons. The molecular formula is C14H17N3O3S. The Labute approximate surface area is 126 Å². The van der Waals surface area contributed by atoms with E-state index in [9.17, 15) is 9.59 Å². The van der Waals surface area contributed by atoms with Gasteiger partial charge in [-0.05, 0) is 18.4 Å². The number of nitrogens with zero attached hydrogens (tertiary/aromatic N) is 3. The van der Waals surface area contributed by atoms with Gasteiger partial charge in [0.1, 0.15) is 4.83 Å². The van der Waals surface area contributed by atoms with Crippen molar-refractivity contribution in [2.45, 2.75) is 25.9 Å². The monoisotopic (exact) mass is 307 g/mol. The number of aromatic nitrogens is 2. The van der Waals surface area contributed by atoms with Crippen LogP contribution >= 0.6 is 11.3 Å². The van der Waals surface area contributed by atoms with Gasteiger partial charge in [0.25, 0.3) is 5.56 Å². The molecule has 1 atom stereocenters. The molecule has 112 valence electrons. The van der Waals surface area contributed by atoms with Crippen LogP contribution in [0.15, 0.2) is 22.6 Å². The van der Waals surface area contributed by atoms with E-state index in [0.717, 1.165) is 4.83 Å². The van der Waals surface area contributed by atoms with Gasteiger partial charge >= 0.3 is 0 Å². The van der Waals surface area contributed by atoms with Gasteiger partial charge in [-0.1, -0.05) is 0 Å². The van der Waals surface area contributed by atoms with Crippen LogP contribution in [0.3, 0.4) is 0 Å². The van der Waals surface area contributed by atoms with Crippen molar-refractivity contribution in [3.63, 3.8) is 0 Å². The molecule has 0 aromatic carbocycles. The average Bonchev–Trinajstić information content (AvgIpc) is 2.96. The highest BCUT2D eigenvalue weighted by Gasteiger charge is 2.23. The van der Waals surface area contributed by atoms with Gasteiger partial charge in [0.2, 0.25) is 5.91 Å². The molecule has 1 amide bonds. The van der Waals surface area contributed by atoms with Crippen molar-refractivity contribution in [1.29, 1.82) is 0 Å². The summed E-state index contributed by atoms with van der Waals surface area (Å²) in [6, 6.07) is 1.87. The van der Waals surface area contributed by atoms with Crippen LogP contribution in [0.2, 0.25) is 0 Å². The number of thiophene rings is 1. The van der Waals surface area contributed by atoms with E-state index in [1.165, 1.54) is 22.2 Å². The predicted molar refractivity (Wildman–Crippen MR) is 80.5 cm³/mol. The maximum absolute atomic E-state index is 12.2. The third kappa shape index (κ3) is 2.84. The molecule has 2 aromatic heterocycles. The summed E-state index contributed by atoms with van der Waals surface area (Å²) in [5.41, 5.74) is -0.0796. The third-order valence-corrected chi connectivity index (χ3v) is 4.53. The summed E-state index contributed by atoms with van der Waals surface area (Å²) in [4.78, 5) is 31.3. The van der Waals surface area contributed by atoms with Crippen LogP contribution < -0.4 is 5.56 Å². The zero-order valence-corrected chi connectivity index (χ0v) is 12.6. The van der Waals surface area contributed by atoms with Gasteiger partial charge in [-0.2, -0.15) is 0 Å². The van der Waals surface area contributed by atoms with Gasteiger partial charge < -0.3 is 9.64 Å². The number of aryl methyl sites for hydroxylation is 1. The SMILES string of the molecule is C[C@H]1COCCN1C(=O)CCn1cnc2sccc2c1=O. The summed E-state index contributed by atoms with van der Waals surface area (Å²) in [6.45, 7) is 4.12. The molecule has 6 nitrogen and oxygen atoms in total. The maximum atomic E-state index is 12.2. The lowest BCUT2D eigenvalue weighted by Crippen LogP contribution is -2.47. The third-order valence-electron chi connectivity index (χ3n) is 3.70. The smallest absolute Gasteiger partial charge is 0.262 e. The standard InChI is InChI=1S/C14H17N3O3S/c1-10-8-20-6-5-17(10)12(18)2-4-16-9-15-13-11(14(16)19)3-7-21-13/h3,7,9-10H,2,4-6,8H2,1H3/t10-/m0/s1. The lowest BCUT2D eigenvalue weighted by molar-refractivity contribution is -0.139. The molecule has 0 spiro atoms. The number of rotatable bonds is 3. The Bertz CT molecular complexity index is 709. The lowest BCUT2D eigenvalue weighted by atomic mass is 10.2. The van der Waals surface area contributed by atoms with Crippen molar-refractivity contribution < 1.29 is 9.53 Å². The van der Waals surface area contributed by atoms with Gasteiger partial charge in [-0.3, -0.25) is 14.2 Å². The predicted octanol–water partition coefficient (Wildman–Crippen LogP) is 1.10. The van der Waals surface area contributed by atoms with Crippen molar-refractivity contribution in [2.24, 2.45) is 0 Å². The molecule has 0 N–H and O–H groups in total. The highest BCUT2D eigenvalue weighted by atomic mass is 32.1. The fraction of sp³-hybridized carbons (Fsp3) is 0.500.